The molecule has 23 heavy (non-hydrogen) atoms. The minimum atomic E-state index is 0. The molecule has 4 rings (SSSR count). The van der Waals surface area contributed by atoms with E-state index in [1.807, 2.05) is 25.1 Å². The van der Waals surface area contributed by atoms with Crippen molar-refractivity contribution in [3.05, 3.63) is 30.1 Å². The molecule has 0 saturated heterocycles. The van der Waals surface area contributed by atoms with Crippen LogP contribution in [0.3, 0.4) is 0 Å². The molecule has 3 fully saturated rings. The predicted molar refractivity (Wildman–Crippen MR) is 92.9 cm³/mol. The average molecular weight is 379 g/mol. The molecule has 1 radical (unpaired) electrons. The van der Waals surface area contributed by atoms with Crippen LogP contribution in [0.2, 0.25) is 0 Å². The molecule has 127 valence electrons. The molecule has 3 aliphatic carbocycles. The molecular weight excluding hydrogens is 356 g/mol. The van der Waals surface area contributed by atoms with Crippen molar-refractivity contribution >= 4 is 23.5 Å². The number of amidine groups is 1. The number of hydrogen-bond donors (Lipinski definition) is 0. The third kappa shape index (κ3) is 4.31. The molecular formula is C17H23CuN4S+. The quantitative estimate of drug-likeness (QED) is 0.266. The van der Waals surface area contributed by atoms with Gasteiger partial charge in [0, 0.05) is 24.5 Å². The summed E-state index contributed by atoms with van der Waals surface area (Å²) in [5.41, 5.74) is 1.63. The summed E-state index contributed by atoms with van der Waals surface area (Å²) in [5, 5.41) is 9.12. The van der Waals surface area contributed by atoms with E-state index in [-0.39, 0.29) is 17.1 Å². The van der Waals surface area contributed by atoms with E-state index in [1.165, 1.54) is 32.1 Å². The zero-order chi connectivity index (χ0) is 15.5. The van der Waals surface area contributed by atoms with Crippen molar-refractivity contribution in [1.29, 1.82) is 0 Å². The third-order valence-corrected chi connectivity index (χ3v) is 5.50. The van der Waals surface area contributed by atoms with Gasteiger partial charge in [-0.05, 0) is 50.2 Å². The largest absolute Gasteiger partial charge is 2.00 e. The molecule has 6 heteroatoms. The van der Waals surface area contributed by atoms with Gasteiger partial charge in [-0.3, -0.25) is 4.98 Å². The second-order valence-electron chi connectivity index (χ2n) is 6.48. The number of fused-ring (bicyclic) bond motifs is 3. The van der Waals surface area contributed by atoms with Crippen LogP contribution < -0.4 is 0 Å². The second kappa shape index (κ2) is 8.22. The number of rotatable bonds is 3. The number of aromatic nitrogens is 1. The molecule has 1 atom stereocenters. The Morgan fingerprint density at radius 2 is 1.96 bits per heavy atom. The van der Waals surface area contributed by atoms with E-state index in [1.54, 1.807) is 6.20 Å². The Kier molecular flexibility index (Phi) is 6.57. The molecule has 0 aromatic carbocycles. The first kappa shape index (κ1) is 18.4. The summed E-state index contributed by atoms with van der Waals surface area (Å²) in [6, 6.07) is 6.32. The fourth-order valence-corrected chi connectivity index (χ4v) is 3.95. The van der Waals surface area contributed by atoms with E-state index in [9.17, 15) is 0 Å². The van der Waals surface area contributed by atoms with E-state index in [0.29, 0.717) is 11.2 Å². The topological polar surface area (TPSA) is 40.9 Å². The van der Waals surface area contributed by atoms with Crippen molar-refractivity contribution in [2.75, 3.05) is 7.05 Å². The van der Waals surface area contributed by atoms with Crippen LogP contribution in [0.5, 0.6) is 0 Å². The summed E-state index contributed by atoms with van der Waals surface area (Å²) in [6.45, 7) is 1.91. The van der Waals surface area contributed by atoms with Gasteiger partial charge in [0.05, 0.1) is 11.4 Å². The van der Waals surface area contributed by atoms with Crippen LogP contribution in [0.15, 0.2) is 34.6 Å². The Morgan fingerprint density at radius 1 is 1.22 bits per heavy atom. The van der Waals surface area contributed by atoms with Crippen molar-refractivity contribution in [1.82, 2.24) is 9.88 Å². The maximum absolute atomic E-state index is 5.47. The fraction of sp³-hybridized carbons (Fsp3) is 0.588. The van der Waals surface area contributed by atoms with Crippen LogP contribution in [-0.2, 0) is 29.7 Å². The predicted octanol–water partition coefficient (Wildman–Crippen LogP) is 3.22. The Bertz CT molecular complexity index is 567. The maximum atomic E-state index is 5.47. The molecule has 0 spiro atoms. The van der Waals surface area contributed by atoms with Gasteiger partial charge in [0.2, 0.25) is 0 Å². The van der Waals surface area contributed by atoms with Crippen LogP contribution in [0.4, 0.5) is 0 Å². The van der Waals surface area contributed by atoms with Crippen LogP contribution in [0.1, 0.15) is 44.7 Å². The minimum Gasteiger partial charge on any atom is -0.741 e. The first-order valence-electron chi connectivity index (χ1n) is 8.08. The Hall–Kier alpha value is -0.971. The monoisotopic (exact) mass is 378 g/mol. The van der Waals surface area contributed by atoms with Gasteiger partial charge in [-0.15, -0.1) is 0 Å². The number of pyridine rings is 1. The summed E-state index contributed by atoms with van der Waals surface area (Å²) in [6.07, 6.45) is 8.51. The van der Waals surface area contributed by atoms with Gasteiger partial charge < -0.3 is 17.5 Å². The SMILES string of the molecule is C/C(=N\N=C(/[S-])N(C)C1CC2CCC1CC2)c1ccccn1.[Cu+2]. The molecule has 3 aliphatic rings. The van der Waals surface area contributed by atoms with Gasteiger partial charge in [-0.1, -0.05) is 18.9 Å². The summed E-state index contributed by atoms with van der Waals surface area (Å²) in [7, 11) is 2.07. The number of nitrogens with zero attached hydrogens (tertiary/aromatic N) is 4. The third-order valence-electron chi connectivity index (χ3n) is 5.13. The fourth-order valence-electron chi connectivity index (χ4n) is 3.78. The zero-order valence-electron chi connectivity index (χ0n) is 13.6. The number of hydrogen-bond acceptors (Lipinski definition) is 4. The van der Waals surface area contributed by atoms with Crippen molar-refractivity contribution in [3.8, 4) is 0 Å². The Morgan fingerprint density at radius 3 is 2.52 bits per heavy atom. The van der Waals surface area contributed by atoms with Gasteiger partial charge in [0.1, 0.15) is 0 Å². The van der Waals surface area contributed by atoms with Crippen LogP contribution >= 0.6 is 0 Å². The van der Waals surface area contributed by atoms with Gasteiger partial charge in [0.25, 0.3) is 0 Å². The zero-order valence-corrected chi connectivity index (χ0v) is 15.3. The average Bonchev–Trinajstić information content (AvgIpc) is 2.60. The summed E-state index contributed by atoms with van der Waals surface area (Å²) < 4.78 is 0. The molecule has 1 aromatic heterocycles. The van der Waals surface area contributed by atoms with E-state index in [4.69, 9.17) is 12.6 Å². The molecule has 1 heterocycles. The molecule has 2 bridgehead atoms. The standard InChI is InChI=1S/C17H24N4S.Cu/c1-12(15-5-3-4-10-18-15)19-20-17(22)21(2)16-11-13-6-8-14(16)9-7-13;/h3-5,10,13-14,16H,6-9,11H2,1-2H3,(H,20,22);/q;+2/p-1/b19-12+;. The Labute approximate surface area is 154 Å². The first-order valence-corrected chi connectivity index (χ1v) is 8.49. The van der Waals surface area contributed by atoms with E-state index >= 15 is 0 Å². The molecule has 1 unspecified atom stereocenters. The molecule has 1 aromatic rings. The first-order chi connectivity index (χ1) is 10.6. The summed E-state index contributed by atoms with van der Waals surface area (Å²) >= 11 is 5.47. The van der Waals surface area contributed by atoms with Crippen LogP contribution in [0.25, 0.3) is 0 Å². The normalized spacial score (nSPS) is 27.5. The molecule has 3 saturated carbocycles. The van der Waals surface area contributed by atoms with Gasteiger partial charge in [-0.2, -0.15) is 10.2 Å². The van der Waals surface area contributed by atoms with Crippen molar-refractivity contribution in [2.45, 2.75) is 45.1 Å². The summed E-state index contributed by atoms with van der Waals surface area (Å²) in [4.78, 5) is 6.44. The van der Waals surface area contributed by atoms with Crippen LogP contribution in [-0.4, -0.2) is 33.9 Å². The van der Waals surface area contributed by atoms with E-state index in [0.717, 1.165) is 23.2 Å². The van der Waals surface area contributed by atoms with E-state index in [2.05, 4.69) is 27.1 Å². The maximum Gasteiger partial charge on any atom is 2.00 e. The second-order valence-corrected chi connectivity index (χ2v) is 6.84. The van der Waals surface area contributed by atoms with Gasteiger partial charge >= 0.3 is 17.1 Å². The Balaban J connectivity index is 0.00000192. The van der Waals surface area contributed by atoms with Crippen LogP contribution in [0, 0.1) is 11.8 Å². The molecule has 0 aliphatic heterocycles. The van der Waals surface area contributed by atoms with Crippen molar-refractivity contribution < 1.29 is 17.1 Å². The van der Waals surface area contributed by atoms with E-state index < -0.39 is 0 Å². The molecule has 4 nitrogen and oxygen atoms in total. The smallest absolute Gasteiger partial charge is 0.741 e. The van der Waals surface area contributed by atoms with Crippen molar-refractivity contribution in [2.24, 2.45) is 22.0 Å². The van der Waals surface area contributed by atoms with Gasteiger partial charge in [0.15, 0.2) is 0 Å². The van der Waals surface area contributed by atoms with Crippen molar-refractivity contribution in [3.63, 3.8) is 0 Å². The van der Waals surface area contributed by atoms with Gasteiger partial charge in [-0.25, -0.2) is 0 Å². The minimum absolute atomic E-state index is 0. The summed E-state index contributed by atoms with van der Waals surface area (Å²) in [5.74, 6) is 1.67. The molecule has 0 N–H and O–H groups in total. The molecule has 0 amide bonds.